The van der Waals surface area contributed by atoms with E-state index in [0.29, 0.717) is 30.4 Å². The molecule has 0 aliphatic carbocycles. The topological polar surface area (TPSA) is 129 Å². The second kappa shape index (κ2) is 10.2. The number of para-hydroxylation sites is 1. The Labute approximate surface area is 227 Å². The van der Waals surface area contributed by atoms with Gasteiger partial charge in [-0.25, -0.2) is 14.6 Å². The molecule has 3 amide bonds. The molecular weight excluding hydrogens is 500 g/mol. The van der Waals surface area contributed by atoms with Gasteiger partial charge >= 0.3 is 12.1 Å². The molecule has 2 aromatic heterocycles. The fourth-order valence-electron chi connectivity index (χ4n) is 5.04. The Balaban J connectivity index is 1.45. The molecule has 0 bridgehead atoms. The number of anilines is 4. The molecule has 2 N–H and O–H groups in total. The minimum atomic E-state index is -0.694. The minimum Gasteiger partial charge on any atom is -0.443 e. The standard InChI is InChI=1S/C27H34N8O4/c1-17-12-22(35(26(38)39-27(2,3)4)21-9-7-6-8-20(17)21)34-15-18-13-28-24(31-23(18)32(5)25(34)37)30-19-14-29-33(16-19)10-11-36/h6-9,13-14,16-17,22,36H,10-12,15H2,1-5H3,(H,28,30,31). The van der Waals surface area contributed by atoms with E-state index in [2.05, 4.69) is 27.3 Å². The molecule has 39 heavy (non-hydrogen) atoms. The van der Waals surface area contributed by atoms with Crippen molar-refractivity contribution in [1.29, 1.82) is 0 Å². The summed E-state index contributed by atoms with van der Waals surface area (Å²) >= 11 is 0. The first-order chi connectivity index (χ1) is 18.6. The van der Waals surface area contributed by atoms with Gasteiger partial charge in [-0.05, 0) is 44.7 Å². The van der Waals surface area contributed by atoms with E-state index >= 15 is 0 Å². The average Bonchev–Trinajstić information content (AvgIpc) is 3.32. The van der Waals surface area contributed by atoms with Crippen molar-refractivity contribution in [3.8, 4) is 0 Å². The smallest absolute Gasteiger partial charge is 0.416 e. The van der Waals surface area contributed by atoms with Gasteiger partial charge in [-0.15, -0.1) is 0 Å². The zero-order chi connectivity index (χ0) is 27.9. The fraction of sp³-hybridized carbons (Fsp3) is 0.444. The summed E-state index contributed by atoms with van der Waals surface area (Å²) in [5.74, 6) is 0.935. The van der Waals surface area contributed by atoms with Crippen molar-refractivity contribution in [3.63, 3.8) is 0 Å². The van der Waals surface area contributed by atoms with Crippen LogP contribution in [-0.2, 0) is 17.8 Å². The summed E-state index contributed by atoms with van der Waals surface area (Å²) in [5.41, 5.74) is 2.52. The number of carbonyl (C=O) groups excluding carboxylic acids is 2. The van der Waals surface area contributed by atoms with Gasteiger partial charge in [0.25, 0.3) is 0 Å². The van der Waals surface area contributed by atoms with Gasteiger partial charge in [0.2, 0.25) is 5.95 Å². The molecular formula is C27H34N8O4. The number of aromatic nitrogens is 4. The molecule has 0 fully saturated rings. The predicted octanol–water partition coefficient (Wildman–Crippen LogP) is 4.06. The second-order valence-corrected chi connectivity index (χ2v) is 10.9. The summed E-state index contributed by atoms with van der Waals surface area (Å²) in [6, 6.07) is 7.49. The van der Waals surface area contributed by atoms with E-state index in [4.69, 9.17) is 9.84 Å². The number of aliphatic hydroxyl groups excluding tert-OH is 1. The van der Waals surface area contributed by atoms with Gasteiger partial charge in [0.05, 0.1) is 37.3 Å². The van der Waals surface area contributed by atoms with Crippen LogP contribution >= 0.6 is 0 Å². The number of hydrogen-bond acceptors (Lipinski definition) is 8. The van der Waals surface area contributed by atoms with E-state index < -0.39 is 17.9 Å². The van der Waals surface area contributed by atoms with E-state index in [1.807, 2.05) is 45.0 Å². The third-order valence-corrected chi connectivity index (χ3v) is 6.79. The van der Waals surface area contributed by atoms with Crippen molar-refractivity contribution < 1.29 is 19.4 Å². The van der Waals surface area contributed by atoms with Crippen molar-refractivity contribution >= 4 is 35.3 Å². The van der Waals surface area contributed by atoms with Crippen LogP contribution in [0.2, 0.25) is 0 Å². The number of ether oxygens (including phenoxy) is 1. The highest BCUT2D eigenvalue weighted by molar-refractivity contribution is 5.96. The van der Waals surface area contributed by atoms with Crippen LogP contribution in [-0.4, -0.2) is 67.3 Å². The van der Waals surface area contributed by atoms with E-state index in [9.17, 15) is 9.59 Å². The van der Waals surface area contributed by atoms with E-state index in [-0.39, 0.29) is 25.1 Å². The number of fused-ring (bicyclic) bond motifs is 2. The number of carbonyl (C=O) groups is 2. The lowest BCUT2D eigenvalue weighted by Gasteiger charge is -2.47. The van der Waals surface area contributed by atoms with Gasteiger partial charge in [-0.3, -0.25) is 19.4 Å². The first-order valence-electron chi connectivity index (χ1n) is 13.0. The Morgan fingerprint density at radius 3 is 2.74 bits per heavy atom. The maximum Gasteiger partial charge on any atom is 0.416 e. The molecule has 0 saturated carbocycles. The van der Waals surface area contributed by atoms with Crippen LogP contribution in [0.4, 0.5) is 32.7 Å². The number of amides is 3. The maximum absolute atomic E-state index is 13.8. The molecule has 12 heteroatoms. The predicted molar refractivity (Wildman–Crippen MR) is 146 cm³/mol. The van der Waals surface area contributed by atoms with Crippen molar-refractivity contribution in [2.45, 2.75) is 64.9 Å². The number of nitrogens with zero attached hydrogens (tertiary/aromatic N) is 7. The van der Waals surface area contributed by atoms with Crippen LogP contribution in [0.1, 0.15) is 51.2 Å². The summed E-state index contributed by atoms with van der Waals surface area (Å²) < 4.78 is 7.40. The van der Waals surface area contributed by atoms with Crippen LogP contribution in [0.15, 0.2) is 42.9 Å². The maximum atomic E-state index is 13.8. The number of nitrogens with one attached hydrogen (secondary N) is 1. The molecule has 5 rings (SSSR count). The molecule has 1 aromatic carbocycles. The Hall–Kier alpha value is -4.19. The number of hydrogen-bond donors (Lipinski definition) is 2. The van der Waals surface area contributed by atoms with Crippen LogP contribution in [0.3, 0.4) is 0 Å². The van der Waals surface area contributed by atoms with E-state index in [1.165, 1.54) is 4.90 Å². The molecule has 206 valence electrons. The molecule has 2 aliphatic rings. The lowest BCUT2D eigenvalue weighted by molar-refractivity contribution is 0.0509. The Bertz CT molecular complexity index is 1380. The van der Waals surface area contributed by atoms with Gasteiger partial charge in [-0.1, -0.05) is 25.1 Å². The molecule has 2 atom stereocenters. The van der Waals surface area contributed by atoms with Crippen molar-refractivity contribution in [2.24, 2.45) is 0 Å². The molecule has 0 spiro atoms. The lowest BCUT2D eigenvalue weighted by Crippen LogP contribution is -2.60. The van der Waals surface area contributed by atoms with E-state index in [0.717, 1.165) is 16.8 Å². The molecule has 4 heterocycles. The van der Waals surface area contributed by atoms with Gasteiger partial charge in [0.1, 0.15) is 17.6 Å². The Morgan fingerprint density at radius 2 is 2.00 bits per heavy atom. The third kappa shape index (κ3) is 5.24. The largest absolute Gasteiger partial charge is 0.443 e. The monoisotopic (exact) mass is 534 g/mol. The zero-order valence-electron chi connectivity index (χ0n) is 22.8. The van der Waals surface area contributed by atoms with Crippen LogP contribution in [0, 0.1) is 0 Å². The highest BCUT2D eigenvalue weighted by Gasteiger charge is 2.44. The van der Waals surface area contributed by atoms with Gasteiger partial charge in [0, 0.05) is 25.0 Å². The molecule has 3 aromatic rings. The Kier molecular flexibility index (Phi) is 6.89. The lowest BCUT2D eigenvalue weighted by atomic mass is 9.89. The van der Waals surface area contributed by atoms with Crippen LogP contribution in [0.5, 0.6) is 0 Å². The van der Waals surface area contributed by atoms with Gasteiger partial charge in [-0.2, -0.15) is 10.1 Å². The molecule has 12 nitrogen and oxygen atoms in total. The van der Waals surface area contributed by atoms with E-state index in [1.54, 1.807) is 40.1 Å². The minimum absolute atomic E-state index is 0.0173. The Morgan fingerprint density at radius 1 is 1.23 bits per heavy atom. The molecule has 0 radical (unpaired) electrons. The van der Waals surface area contributed by atoms with Crippen molar-refractivity contribution in [1.82, 2.24) is 24.6 Å². The number of urea groups is 1. The molecule has 2 aliphatic heterocycles. The number of benzene rings is 1. The van der Waals surface area contributed by atoms with Gasteiger partial charge in [0.15, 0.2) is 0 Å². The summed E-state index contributed by atoms with van der Waals surface area (Å²) in [4.78, 5) is 41.1. The fourth-order valence-corrected chi connectivity index (χ4v) is 5.04. The summed E-state index contributed by atoms with van der Waals surface area (Å²) in [5, 5.41) is 16.4. The summed E-state index contributed by atoms with van der Waals surface area (Å²) in [6.45, 7) is 8.19. The van der Waals surface area contributed by atoms with Crippen molar-refractivity contribution in [2.75, 3.05) is 28.8 Å². The molecule has 0 saturated heterocycles. The summed E-state index contributed by atoms with van der Waals surface area (Å²) in [7, 11) is 1.67. The second-order valence-electron chi connectivity index (χ2n) is 10.9. The first-order valence-corrected chi connectivity index (χ1v) is 13.0. The number of aliphatic hydroxyl groups is 1. The normalized spacial score (nSPS) is 19.0. The van der Waals surface area contributed by atoms with Crippen molar-refractivity contribution in [3.05, 3.63) is 54.0 Å². The average molecular weight is 535 g/mol. The zero-order valence-corrected chi connectivity index (χ0v) is 22.8. The molecule has 2 unspecified atom stereocenters. The van der Waals surface area contributed by atoms with Crippen LogP contribution in [0.25, 0.3) is 0 Å². The van der Waals surface area contributed by atoms with Crippen LogP contribution < -0.4 is 15.1 Å². The first kappa shape index (κ1) is 26.4. The highest BCUT2D eigenvalue weighted by Crippen LogP contribution is 2.42. The SMILES string of the molecule is CC1CC(N2Cc3cnc(Nc4cnn(CCO)c4)nc3N(C)C2=O)N(C(=O)OC(C)(C)C)c2ccccc21. The number of rotatable bonds is 5. The third-order valence-electron chi connectivity index (χ3n) is 6.79. The summed E-state index contributed by atoms with van der Waals surface area (Å²) in [6.07, 6.45) is 4.56. The quantitative estimate of drug-likeness (QED) is 0.502. The van der Waals surface area contributed by atoms with Gasteiger partial charge < -0.3 is 15.2 Å². The highest BCUT2D eigenvalue weighted by atomic mass is 16.6.